The number of para-hydroxylation sites is 1. The van der Waals surface area contributed by atoms with Crippen LogP contribution in [0.2, 0.25) is 0 Å². The van der Waals surface area contributed by atoms with E-state index in [-0.39, 0.29) is 12.3 Å². The van der Waals surface area contributed by atoms with Crippen molar-refractivity contribution in [3.8, 4) is 5.75 Å². The van der Waals surface area contributed by atoms with Crippen molar-refractivity contribution in [2.45, 2.75) is 23.1 Å². The molecule has 0 bridgehead atoms. The third-order valence-corrected chi connectivity index (χ3v) is 5.08. The number of amides is 1. The summed E-state index contributed by atoms with van der Waals surface area (Å²) < 4.78 is 5.15. The summed E-state index contributed by atoms with van der Waals surface area (Å²) in [7, 11) is 1.60. The van der Waals surface area contributed by atoms with E-state index >= 15 is 0 Å². The van der Waals surface area contributed by atoms with E-state index in [1.165, 1.54) is 11.8 Å². The van der Waals surface area contributed by atoms with Crippen LogP contribution in [0.15, 0.2) is 53.4 Å². The van der Waals surface area contributed by atoms with Crippen LogP contribution in [0.1, 0.15) is 12.0 Å². The fourth-order valence-corrected chi connectivity index (χ4v) is 3.86. The van der Waals surface area contributed by atoms with E-state index in [0.29, 0.717) is 6.54 Å². The molecule has 2 aromatic carbocycles. The monoisotopic (exact) mass is 343 g/mol. The molecule has 0 aliphatic carbocycles. The SMILES string of the molecule is COc1ccc(CN2C(=O)C(CC(=O)O)Sc3ccccc32)cc1. The van der Waals surface area contributed by atoms with Crippen LogP contribution in [0.3, 0.4) is 0 Å². The topological polar surface area (TPSA) is 66.8 Å². The smallest absolute Gasteiger partial charge is 0.305 e. The number of carboxylic acids is 1. The van der Waals surface area contributed by atoms with Gasteiger partial charge >= 0.3 is 5.97 Å². The molecule has 3 rings (SSSR count). The Balaban J connectivity index is 1.90. The number of carbonyl (C=O) groups excluding carboxylic acids is 1. The highest BCUT2D eigenvalue weighted by molar-refractivity contribution is 8.01. The maximum absolute atomic E-state index is 12.8. The highest BCUT2D eigenvalue weighted by Crippen LogP contribution is 2.40. The van der Waals surface area contributed by atoms with Crippen LogP contribution < -0.4 is 9.64 Å². The molecule has 0 fully saturated rings. The first-order valence-corrected chi connectivity index (χ1v) is 8.38. The lowest BCUT2D eigenvalue weighted by molar-refractivity contribution is -0.138. The minimum absolute atomic E-state index is 0.170. The van der Waals surface area contributed by atoms with Gasteiger partial charge in [-0.1, -0.05) is 24.3 Å². The first-order chi connectivity index (χ1) is 11.6. The predicted molar refractivity (Wildman–Crippen MR) is 92.5 cm³/mol. The van der Waals surface area contributed by atoms with Crippen LogP contribution in [-0.4, -0.2) is 29.3 Å². The Morgan fingerprint density at radius 2 is 1.92 bits per heavy atom. The Morgan fingerprint density at radius 1 is 1.21 bits per heavy atom. The average molecular weight is 343 g/mol. The number of hydrogen-bond acceptors (Lipinski definition) is 4. The highest BCUT2D eigenvalue weighted by atomic mass is 32.2. The zero-order chi connectivity index (χ0) is 17.1. The van der Waals surface area contributed by atoms with Crippen LogP contribution in [0.25, 0.3) is 0 Å². The van der Waals surface area contributed by atoms with Gasteiger partial charge in [-0.05, 0) is 29.8 Å². The van der Waals surface area contributed by atoms with Crippen LogP contribution >= 0.6 is 11.8 Å². The van der Waals surface area contributed by atoms with Crippen LogP contribution in [0, 0.1) is 0 Å². The van der Waals surface area contributed by atoms with E-state index in [1.54, 1.807) is 12.0 Å². The van der Waals surface area contributed by atoms with Gasteiger partial charge in [0.1, 0.15) is 5.75 Å². The second-order valence-corrected chi connectivity index (χ2v) is 6.69. The van der Waals surface area contributed by atoms with Gasteiger partial charge in [0.15, 0.2) is 0 Å². The van der Waals surface area contributed by atoms with E-state index in [4.69, 9.17) is 9.84 Å². The van der Waals surface area contributed by atoms with Gasteiger partial charge in [-0.25, -0.2) is 0 Å². The number of ether oxygens (including phenoxy) is 1. The Morgan fingerprint density at radius 3 is 2.58 bits per heavy atom. The number of benzene rings is 2. The van der Waals surface area contributed by atoms with E-state index < -0.39 is 11.2 Å². The second-order valence-electron chi connectivity index (χ2n) is 5.44. The Bertz CT molecular complexity index is 760. The van der Waals surface area contributed by atoms with Crippen molar-refractivity contribution < 1.29 is 19.4 Å². The lowest BCUT2D eigenvalue weighted by Gasteiger charge is -2.33. The molecule has 1 aliphatic heterocycles. The molecule has 1 unspecified atom stereocenters. The van der Waals surface area contributed by atoms with Crippen LogP contribution in [-0.2, 0) is 16.1 Å². The molecule has 124 valence electrons. The molecule has 6 heteroatoms. The molecular formula is C18H17NO4S. The number of thioether (sulfide) groups is 1. The summed E-state index contributed by atoms with van der Waals surface area (Å²) in [5, 5.41) is 8.47. The van der Waals surface area contributed by atoms with Gasteiger partial charge in [-0.2, -0.15) is 0 Å². The zero-order valence-corrected chi connectivity index (χ0v) is 14.0. The summed E-state index contributed by atoms with van der Waals surface area (Å²) in [6.07, 6.45) is -0.184. The Hall–Kier alpha value is -2.47. The van der Waals surface area contributed by atoms with Crippen molar-refractivity contribution in [1.29, 1.82) is 0 Å². The second kappa shape index (κ2) is 6.97. The first-order valence-electron chi connectivity index (χ1n) is 7.50. The summed E-state index contributed by atoms with van der Waals surface area (Å²) in [6, 6.07) is 15.1. The molecule has 5 nitrogen and oxygen atoms in total. The number of nitrogens with zero attached hydrogens (tertiary/aromatic N) is 1. The number of rotatable bonds is 5. The Kier molecular flexibility index (Phi) is 4.76. The number of anilines is 1. The summed E-state index contributed by atoms with van der Waals surface area (Å²) in [4.78, 5) is 26.4. The minimum atomic E-state index is -0.968. The fraction of sp³-hybridized carbons (Fsp3) is 0.222. The van der Waals surface area contributed by atoms with Crippen molar-refractivity contribution in [3.63, 3.8) is 0 Å². The van der Waals surface area contributed by atoms with E-state index in [9.17, 15) is 9.59 Å². The van der Waals surface area contributed by atoms with Gasteiger partial charge in [0, 0.05) is 4.90 Å². The third-order valence-electron chi connectivity index (χ3n) is 3.83. The number of aliphatic carboxylic acids is 1. The molecule has 1 aliphatic rings. The standard InChI is InChI=1S/C18H17NO4S/c1-23-13-8-6-12(7-9-13)11-19-14-4-2-3-5-15(14)24-16(18(19)22)10-17(20)21/h2-9,16H,10-11H2,1H3,(H,20,21). The Labute approximate surface area is 144 Å². The van der Waals surface area contributed by atoms with Crippen molar-refractivity contribution in [2.75, 3.05) is 12.0 Å². The molecular weight excluding hydrogens is 326 g/mol. The zero-order valence-electron chi connectivity index (χ0n) is 13.1. The molecule has 2 aromatic rings. The van der Waals surface area contributed by atoms with Crippen LogP contribution in [0.5, 0.6) is 5.75 Å². The van der Waals surface area contributed by atoms with Gasteiger partial charge < -0.3 is 14.7 Å². The van der Waals surface area contributed by atoms with E-state index in [0.717, 1.165) is 21.9 Å². The van der Waals surface area contributed by atoms with Crippen molar-refractivity contribution >= 4 is 29.3 Å². The van der Waals surface area contributed by atoms with Crippen molar-refractivity contribution in [1.82, 2.24) is 0 Å². The molecule has 1 N–H and O–H groups in total. The number of fused-ring (bicyclic) bond motifs is 1. The van der Waals surface area contributed by atoms with Crippen molar-refractivity contribution in [2.24, 2.45) is 0 Å². The number of carboxylic acid groups (broad SMARTS) is 1. The molecule has 0 saturated heterocycles. The molecule has 0 aromatic heterocycles. The van der Waals surface area contributed by atoms with E-state index in [2.05, 4.69) is 0 Å². The van der Waals surface area contributed by atoms with Crippen LogP contribution in [0.4, 0.5) is 5.69 Å². The summed E-state index contributed by atoms with van der Waals surface area (Å²) >= 11 is 1.32. The molecule has 24 heavy (non-hydrogen) atoms. The number of hydrogen-bond donors (Lipinski definition) is 1. The maximum Gasteiger partial charge on any atom is 0.305 e. The molecule has 0 radical (unpaired) electrons. The van der Waals surface area contributed by atoms with E-state index in [1.807, 2.05) is 48.5 Å². The molecule has 0 spiro atoms. The quantitative estimate of drug-likeness (QED) is 0.903. The summed E-state index contributed by atoms with van der Waals surface area (Å²) in [6.45, 7) is 0.399. The lowest BCUT2D eigenvalue weighted by atomic mass is 10.1. The first kappa shape index (κ1) is 16.4. The largest absolute Gasteiger partial charge is 0.497 e. The summed E-state index contributed by atoms with van der Waals surface area (Å²) in [5.41, 5.74) is 1.78. The molecule has 0 saturated carbocycles. The number of methoxy groups -OCH3 is 1. The van der Waals surface area contributed by atoms with Gasteiger partial charge in [0.05, 0.1) is 31.0 Å². The van der Waals surface area contributed by atoms with Crippen molar-refractivity contribution in [3.05, 3.63) is 54.1 Å². The minimum Gasteiger partial charge on any atom is -0.497 e. The number of carbonyl (C=O) groups is 2. The fourth-order valence-electron chi connectivity index (χ4n) is 2.64. The lowest BCUT2D eigenvalue weighted by Crippen LogP contribution is -2.41. The van der Waals surface area contributed by atoms with Gasteiger partial charge in [0.2, 0.25) is 5.91 Å². The van der Waals surface area contributed by atoms with Gasteiger partial charge in [-0.15, -0.1) is 11.8 Å². The highest BCUT2D eigenvalue weighted by Gasteiger charge is 2.34. The molecule has 1 amide bonds. The molecule has 1 heterocycles. The average Bonchev–Trinajstić information content (AvgIpc) is 2.58. The van der Waals surface area contributed by atoms with Gasteiger partial charge in [0.25, 0.3) is 0 Å². The predicted octanol–water partition coefficient (Wildman–Crippen LogP) is 3.18. The third kappa shape index (κ3) is 3.38. The van der Waals surface area contributed by atoms with Gasteiger partial charge in [-0.3, -0.25) is 9.59 Å². The normalized spacial score (nSPS) is 16.6. The maximum atomic E-state index is 12.8. The molecule has 1 atom stereocenters. The summed E-state index contributed by atoms with van der Waals surface area (Å²) in [5.74, 6) is -0.384.